The second-order valence-electron chi connectivity index (χ2n) is 4.54. The summed E-state index contributed by atoms with van der Waals surface area (Å²) in [6.45, 7) is -0.0832. The molecule has 3 N–H and O–H groups in total. The van der Waals surface area contributed by atoms with Crippen molar-refractivity contribution >= 4 is 0 Å². The van der Waals surface area contributed by atoms with Crippen molar-refractivity contribution < 1.29 is 18.3 Å². The number of hydrogen-bond donors (Lipinski definition) is 2. The maximum atomic E-state index is 13.3. The van der Waals surface area contributed by atoms with Crippen molar-refractivity contribution in [1.29, 1.82) is 0 Å². The Balaban J connectivity index is 2.49. The summed E-state index contributed by atoms with van der Waals surface area (Å²) >= 11 is 0. The lowest BCUT2D eigenvalue weighted by molar-refractivity contribution is 0.164. The van der Waals surface area contributed by atoms with E-state index < -0.39 is 29.5 Å². The fourth-order valence-electron chi connectivity index (χ4n) is 2.20. The van der Waals surface area contributed by atoms with E-state index >= 15 is 0 Å². The highest BCUT2D eigenvalue weighted by Gasteiger charge is 2.23. The van der Waals surface area contributed by atoms with Crippen LogP contribution in [-0.4, -0.2) is 17.8 Å². The van der Waals surface area contributed by atoms with Gasteiger partial charge in [-0.05, 0) is 35.4 Å². The number of aliphatic hydroxyl groups excluding tert-OH is 1. The van der Waals surface area contributed by atoms with Gasteiger partial charge in [0.25, 0.3) is 0 Å². The lowest BCUT2D eigenvalue weighted by Crippen LogP contribution is -2.28. The first kappa shape index (κ1) is 14.6. The van der Waals surface area contributed by atoms with Crippen LogP contribution in [0.3, 0.4) is 0 Å². The highest BCUT2D eigenvalue weighted by molar-refractivity contribution is 5.34. The van der Waals surface area contributed by atoms with Gasteiger partial charge in [0.1, 0.15) is 17.5 Å². The minimum atomic E-state index is -1.03. The van der Waals surface area contributed by atoms with E-state index in [9.17, 15) is 18.3 Å². The van der Waals surface area contributed by atoms with Gasteiger partial charge in [-0.15, -0.1) is 0 Å². The minimum Gasteiger partial charge on any atom is -0.391 e. The molecule has 2 rings (SSSR count). The van der Waals surface area contributed by atoms with Crippen LogP contribution in [0.4, 0.5) is 13.2 Å². The first-order valence-electron chi connectivity index (χ1n) is 6.11. The molecule has 0 saturated carbocycles. The van der Waals surface area contributed by atoms with Crippen LogP contribution in [0.15, 0.2) is 42.5 Å². The molecule has 0 amide bonds. The first-order chi connectivity index (χ1) is 9.51. The Morgan fingerprint density at radius 2 is 1.40 bits per heavy atom. The van der Waals surface area contributed by atoms with Gasteiger partial charge >= 0.3 is 0 Å². The fraction of sp³-hybridized carbons (Fsp3) is 0.200. The van der Waals surface area contributed by atoms with E-state index in [2.05, 4.69) is 0 Å². The van der Waals surface area contributed by atoms with E-state index in [1.54, 1.807) is 0 Å². The van der Waals surface area contributed by atoms with Gasteiger partial charge in [0, 0.05) is 18.5 Å². The maximum absolute atomic E-state index is 13.3. The Hall–Kier alpha value is -1.85. The number of benzene rings is 2. The molecule has 2 aromatic carbocycles. The Morgan fingerprint density at radius 1 is 0.850 bits per heavy atom. The zero-order valence-electron chi connectivity index (χ0n) is 10.6. The van der Waals surface area contributed by atoms with Crippen LogP contribution < -0.4 is 5.73 Å². The van der Waals surface area contributed by atoms with Gasteiger partial charge < -0.3 is 10.8 Å². The molecule has 0 fully saturated rings. The van der Waals surface area contributed by atoms with Gasteiger partial charge in [-0.25, -0.2) is 13.2 Å². The molecule has 0 aliphatic rings. The number of hydrogen-bond acceptors (Lipinski definition) is 2. The predicted molar refractivity (Wildman–Crippen MR) is 69.7 cm³/mol. The van der Waals surface area contributed by atoms with E-state index in [1.807, 2.05) is 0 Å². The summed E-state index contributed by atoms with van der Waals surface area (Å²) in [5, 5.41) is 10.0. The van der Waals surface area contributed by atoms with Gasteiger partial charge in [0.2, 0.25) is 0 Å². The van der Waals surface area contributed by atoms with E-state index in [1.165, 1.54) is 24.3 Å². The van der Waals surface area contributed by atoms with Gasteiger partial charge in [-0.3, -0.25) is 0 Å². The maximum Gasteiger partial charge on any atom is 0.126 e. The Kier molecular flexibility index (Phi) is 4.42. The molecular weight excluding hydrogens is 267 g/mol. The normalized spacial score (nSPS) is 14.1. The van der Waals surface area contributed by atoms with Crippen LogP contribution in [-0.2, 0) is 0 Å². The second kappa shape index (κ2) is 6.07. The van der Waals surface area contributed by atoms with E-state index in [4.69, 9.17) is 5.73 Å². The third kappa shape index (κ3) is 3.18. The third-order valence-electron chi connectivity index (χ3n) is 3.10. The van der Waals surface area contributed by atoms with Gasteiger partial charge in [-0.2, -0.15) is 0 Å². The van der Waals surface area contributed by atoms with Crippen LogP contribution in [0.5, 0.6) is 0 Å². The van der Waals surface area contributed by atoms with Crippen molar-refractivity contribution in [2.75, 3.05) is 6.54 Å². The number of aliphatic hydroxyl groups is 1. The number of halogens is 3. The first-order valence-corrected chi connectivity index (χ1v) is 6.11. The van der Waals surface area contributed by atoms with E-state index in [0.717, 1.165) is 18.2 Å². The zero-order chi connectivity index (χ0) is 14.7. The number of rotatable bonds is 4. The van der Waals surface area contributed by atoms with Crippen molar-refractivity contribution in [2.45, 2.75) is 12.0 Å². The molecule has 2 aromatic rings. The van der Waals surface area contributed by atoms with Gasteiger partial charge in [0.15, 0.2) is 0 Å². The van der Waals surface area contributed by atoms with Crippen molar-refractivity contribution in [1.82, 2.24) is 0 Å². The zero-order valence-corrected chi connectivity index (χ0v) is 10.6. The van der Waals surface area contributed by atoms with Crippen molar-refractivity contribution in [3.05, 3.63) is 71.0 Å². The van der Waals surface area contributed by atoms with E-state index in [0.29, 0.717) is 5.56 Å². The summed E-state index contributed by atoms with van der Waals surface area (Å²) < 4.78 is 39.6. The average Bonchev–Trinajstić information content (AvgIpc) is 2.40. The monoisotopic (exact) mass is 281 g/mol. The Morgan fingerprint density at radius 3 is 1.90 bits per heavy atom. The summed E-state index contributed by atoms with van der Waals surface area (Å²) in [4.78, 5) is 0. The van der Waals surface area contributed by atoms with Crippen LogP contribution in [0, 0.1) is 17.5 Å². The van der Waals surface area contributed by atoms with Crippen molar-refractivity contribution in [3.8, 4) is 0 Å². The summed E-state index contributed by atoms with van der Waals surface area (Å²) in [6, 6.07) is 8.39. The van der Waals surface area contributed by atoms with Crippen LogP contribution in [0.1, 0.15) is 17.0 Å². The topological polar surface area (TPSA) is 46.2 Å². The summed E-state index contributed by atoms with van der Waals surface area (Å²) in [5.41, 5.74) is 6.24. The second-order valence-corrected chi connectivity index (χ2v) is 4.54. The molecule has 106 valence electrons. The van der Waals surface area contributed by atoms with E-state index in [-0.39, 0.29) is 12.1 Å². The molecule has 2 atom stereocenters. The molecule has 0 saturated heterocycles. The molecule has 0 bridgehead atoms. The molecule has 2 unspecified atom stereocenters. The Labute approximate surface area is 114 Å². The molecule has 20 heavy (non-hydrogen) atoms. The third-order valence-corrected chi connectivity index (χ3v) is 3.10. The lowest BCUT2D eigenvalue weighted by Gasteiger charge is -2.23. The summed E-state index contributed by atoms with van der Waals surface area (Å²) in [5.74, 6) is -2.63. The quantitative estimate of drug-likeness (QED) is 0.904. The van der Waals surface area contributed by atoms with Crippen molar-refractivity contribution in [2.24, 2.45) is 5.73 Å². The molecule has 0 spiro atoms. The smallest absolute Gasteiger partial charge is 0.126 e. The Bertz CT molecular complexity index is 566. The molecule has 0 heterocycles. The summed E-state index contributed by atoms with van der Waals surface area (Å²) in [6.07, 6.45) is -1.03. The highest BCUT2D eigenvalue weighted by Crippen LogP contribution is 2.29. The largest absolute Gasteiger partial charge is 0.391 e. The molecule has 0 aromatic heterocycles. The molecular formula is C15H14F3NO. The fourth-order valence-corrected chi connectivity index (χ4v) is 2.20. The van der Waals surface area contributed by atoms with Crippen molar-refractivity contribution in [3.63, 3.8) is 0 Å². The molecule has 2 nitrogen and oxygen atoms in total. The average molecular weight is 281 g/mol. The molecule has 5 heteroatoms. The molecule has 0 radical (unpaired) electrons. The number of nitrogens with two attached hydrogens (primary N) is 1. The molecule has 0 aliphatic carbocycles. The van der Waals surface area contributed by atoms with Crippen LogP contribution in [0.25, 0.3) is 0 Å². The molecule has 0 aliphatic heterocycles. The minimum absolute atomic E-state index is 0.0832. The summed E-state index contributed by atoms with van der Waals surface area (Å²) in [7, 11) is 0. The van der Waals surface area contributed by atoms with Crippen LogP contribution in [0.2, 0.25) is 0 Å². The van der Waals surface area contributed by atoms with Crippen LogP contribution >= 0.6 is 0 Å². The highest BCUT2D eigenvalue weighted by atomic mass is 19.1. The van der Waals surface area contributed by atoms with Gasteiger partial charge in [-0.1, -0.05) is 12.1 Å². The predicted octanol–water partition coefficient (Wildman–Crippen LogP) is 2.56. The van der Waals surface area contributed by atoms with Gasteiger partial charge in [0.05, 0.1) is 6.10 Å². The SMILES string of the molecule is NCC(O)C(c1ccc(F)cc1)c1cc(F)cc(F)c1. The standard InChI is InChI=1S/C15H14F3NO/c16-11-3-1-9(2-4-11)15(14(20)8-19)10-5-12(17)7-13(18)6-10/h1-7,14-15,20H,8,19H2. The lowest BCUT2D eigenvalue weighted by atomic mass is 9.86.